The lowest BCUT2D eigenvalue weighted by Crippen LogP contribution is -2.31. The van der Waals surface area contributed by atoms with Gasteiger partial charge in [0, 0.05) is 6.54 Å². The Labute approximate surface area is 151 Å². The number of amides is 2. The zero-order valence-corrected chi connectivity index (χ0v) is 14.7. The average Bonchev–Trinajstić information content (AvgIpc) is 3.15. The van der Waals surface area contributed by atoms with Crippen molar-refractivity contribution in [3.8, 4) is 11.5 Å². The van der Waals surface area contributed by atoms with Crippen LogP contribution in [0.5, 0.6) is 11.5 Å². The quantitative estimate of drug-likeness (QED) is 0.401. The van der Waals surface area contributed by atoms with Crippen LogP contribution in [0.15, 0.2) is 46.1 Å². The van der Waals surface area contributed by atoms with Crippen LogP contribution >= 0.6 is 0 Å². The van der Waals surface area contributed by atoms with Crippen LogP contribution in [0.2, 0.25) is 0 Å². The van der Waals surface area contributed by atoms with Crippen molar-refractivity contribution in [2.45, 2.75) is 12.8 Å². The Balaban J connectivity index is 1.70. The smallest absolute Gasteiger partial charge is 0.249 e. The number of nitrogens with one attached hydrogen (secondary N) is 2. The van der Waals surface area contributed by atoms with Crippen LogP contribution in [0, 0.1) is 0 Å². The van der Waals surface area contributed by atoms with Gasteiger partial charge in [-0.1, -0.05) is 6.07 Å². The first-order valence-corrected chi connectivity index (χ1v) is 7.95. The molecule has 2 rings (SSSR count). The van der Waals surface area contributed by atoms with Crippen molar-refractivity contribution in [3.05, 3.63) is 47.9 Å². The lowest BCUT2D eigenvalue weighted by atomic mass is 10.1. The van der Waals surface area contributed by atoms with E-state index in [1.807, 2.05) is 12.1 Å². The largest absolute Gasteiger partial charge is 0.493 e. The van der Waals surface area contributed by atoms with Gasteiger partial charge in [0.25, 0.3) is 0 Å². The predicted octanol–water partition coefficient (Wildman–Crippen LogP) is 1.50. The van der Waals surface area contributed by atoms with E-state index in [2.05, 4.69) is 15.8 Å². The number of hydrazone groups is 1. The van der Waals surface area contributed by atoms with Gasteiger partial charge in [-0.3, -0.25) is 9.59 Å². The Morgan fingerprint density at radius 1 is 1.15 bits per heavy atom. The van der Waals surface area contributed by atoms with Crippen LogP contribution in [-0.4, -0.2) is 38.8 Å². The van der Waals surface area contributed by atoms with E-state index in [0.717, 1.165) is 5.56 Å². The third kappa shape index (κ3) is 5.97. The second-order valence-electron chi connectivity index (χ2n) is 5.27. The van der Waals surface area contributed by atoms with Gasteiger partial charge in [0.15, 0.2) is 11.5 Å². The van der Waals surface area contributed by atoms with Crippen molar-refractivity contribution in [3.63, 3.8) is 0 Å². The second kappa shape index (κ2) is 9.87. The van der Waals surface area contributed by atoms with Crippen molar-refractivity contribution in [1.29, 1.82) is 0 Å². The number of hydrogen-bond donors (Lipinski definition) is 2. The van der Waals surface area contributed by atoms with E-state index in [-0.39, 0.29) is 12.3 Å². The molecular formula is C18H21N3O5. The molecule has 0 aliphatic rings. The van der Waals surface area contributed by atoms with E-state index in [1.165, 1.54) is 12.5 Å². The average molecular weight is 359 g/mol. The summed E-state index contributed by atoms with van der Waals surface area (Å²) in [6.45, 7) is 0.400. The summed E-state index contributed by atoms with van der Waals surface area (Å²) in [6.07, 6.45) is 3.15. The number of nitrogens with zero attached hydrogens (tertiary/aromatic N) is 1. The topological polar surface area (TPSA) is 102 Å². The number of carbonyl (C=O) groups excluding carboxylic acids is 2. The van der Waals surface area contributed by atoms with Crippen LogP contribution in [0.1, 0.15) is 17.7 Å². The first kappa shape index (κ1) is 19.0. The third-order valence-corrected chi connectivity index (χ3v) is 3.43. The maximum atomic E-state index is 11.8. The third-order valence-electron chi connectivity index (χ3n) is 3.43. The van der Waals surface area contributed by atoms with Crippen LogP contribution in [0.25, 0.3) is 0 Å². The molecule has 1 aromatic carbocycles. The van der Waals surface area contributed by atoms with E-state index in [0.29, 0.717) is 30.2 Å². The van der Waals surface area contributed by atoms with Crippen molar-refractivity contribution in [1.82, 2.24) is 10.7 Å². The Kier molecular flexibility index (Phi) is 7.23. The van der Waals surface area contributed by atoms with Crippen LogP contribution in [0.4, 0.5) is 0 Å². The first-order valence-electron chi connectivity index (χ1n) is 7.95. The van der Waals surface area contributed by atoms with Gasteiger partial charge in [-0.2, -0.15) is 5.10 Å². The number of benzene rings is 1. The van der Waals surface area contributed by atoms with E-state index in [1.54, 1.807) is 32.4 Å². The lowest BCUT2D eigenvalue weighted by molar-refractivity contribution is -0.129. The number of hydrogen-bond acceptors (Lipinski definition) is 6. The number of furan rings is 1. The van der Waals surface area contributed by atoms with E-state index >= 15 is 0 Å². The maximum absolute atomic E-state index is 11.8. The molecule has 2 amide bonds. The zero-order chi connectivity index (χ0) is 18.8. The minimum Gasteiger partial charge on any atom is -0.493 e. The summed E-state index contributed by atoms with van der Waals surface area (Å²) in [5, 5.41) is 6.40. The van der Waals surface area contributed by atoms with Crippen molar-refractivity contribution >= 4 is 18.0 Å². The molecule has 1 aromatic heterocycles. The normalized spacial score (nSPS) is 10.5. The summed E-state index contributed by atoms with van der Waals surface area (Å²) >= 11 is 0. The van der Waals surface area contributed by atoms with Gasteiger partial charge < -0.3 is 19.2 Å². The lowest BCUT2D eigenvalue weighted by Gasteiger charge is -2.10. The Morgan fingerprint density at radius 2 is 1.96 bits per heavy atom. The molecule has 0 spiro atoms. The SMILES string of the molecule is COc1ccc(CCNC(=O)CC(=O)N/N=C\c2ccco2)cc1OC. The molecule has 2 N–H and O–H groups in total. The highest BCUT2D eigenvalue weighted by Gasteiger charge is 2.09. The van der Waals surface area contributed by atoms with E-state index in [9.17, 15) is 9.59 Å². The molecule has 0 saturated carbocycles. The highest BCUT2D eigenvalue weighted by atomic mass is 16.5. The number of methoxy groups -OCH3 is 2. The Morgan fingerprint density at radius 3 is 2.65 bits per heavy atom. The minimum absolute atomic E-state index is 0.304. The van der Waals surface area contributed by atoms with Crippen molar-refractivity contribution in [2.75, 3.05) is 20.8 Å². The number of carbonyl (C=O) groups is 2. The fourth-order valence-electron chi connectivity index (χ4n) is 2.16. The molecule has 0 aliphatic carbocycles. The van der Waals surface area contributed by atoms with Gasteiger partial charge in [-0.15, -0.1) is 0 Å². The van der Waals surface area contributed by atoms with E-state index < -0.39 is 5.91 Å². The first-order chi connectivity index (χ1) is 12.6. The number of ether oxygens (including phenoxy) is 2. The summed E-state index contributed by atoms with van der Waals surface area (Å²) in [4.78, 5) is 23.4. The molecule has 0 aliphatic heterocycles. The van der Waals surface area contributed by atoms with Crippen LogP contribution < -0.4 is 20.2 Å². The predicted molar refractivity (Wildman–Crippen MR) is 95.3 cm³/mol. The standard InChI is InChI=1S/C18H21N3O5/c1-24-15-6-5-13(10-16(15)25-2)7-8-19-17(22)11-18(23)21-20-12-14-4-3-9-26-14/h3-6,9-10,12H,7-8,11H2,1-2H3,(H,19,22)(H,21,23)/b20-12-. The number of rotatable bonds is 9. The minimum atomic E-state index is -0.503. The summed E-state index contributed by atoms with van der Waals surface area (Å²) in [6, 6.07) is 8.94. The van der Waals surface area contributed by atoms with Gasteiger partial charge in [-0.05, 0) is 36.2 Å². The van der Waals surface area contributed by atoms with Gasteiger partial charge in [0.2, 0.25) is 11.8 Å². The molecule has 138 valence electrons. The molecule has 0 fully saturated rings. The molecule has 0 unspecified atom stereocenters. The molecule has 1 heterocycles. The molecule has 2 aromatic rings. The monoisotopic (exact) mass is 359 g/mol. The molecule has 0 bridgehead atoms. The zero-order valence-electron chi connectivity index (χ0n) is 14.7. The molecule has 26 heavy (non-hydrogen) atoms. The molecule has 8 heteroatoms. The summed E-state index contributed by atoms with van der Waals surface area (Å²) in [7, 11) is 3.14. The van der Waals surface area contributed by atoms with E-state index in [4.69, 9.17) is 13.9 Å². The fraction of sp³-hybridized carbons (Fsp3) is 0.278. The highest BCUT2D eigenvalue weighted by Crippen LogP contribution is 2.27. The van der Waals surface area contributed by atoms with Crippen molar-refractivity contribution < 1.29 is 23.5 Å². The van der Waals surface area contributed by atoms with Gasteiger partial charge in [0.05, 0.1) is 26.7 Å². The maximum Gasteiger partial charge on any atom is 0.249 e. The molecule has 0 radical (unpaired) electrons. The Hall–Kier alpha value is -3.29. The molecule has 0 saturated heterocycles. The van der Waals surface area contributed by atoms with Crippen molar-refractivity contribution in [2.24, 2.45) is 5.10 Å². The van der Waals surface area contributed by atoms with Crippen LogP contribution in [-0.2, 0) is 16.0 Å². The Bertz CT molecular complexity index is 756. The second-order valence-corrected chi connectivity index (χ2v) is 5.27. The fourth-order valence-corrected chi connectivity index (χ4v) is 2.16. The summed E-state index contributed by atoms with van der Waals surface area (Å²) < 4.78 is 15.4. The summed E-state index contributed by atoms with van der Waals surface area (Å²) in [5.41, 5.74) is 3.25. The van der Waals surface area contributed by atoms with Gasteiger partial charge in [0.1, 0.15) is 12.2 Å². The molecule has 0 atom stereocenters. The highest BCUT2D eigenvalue weighted by molar-refractivity contribution is 5.97. The molecular weight excluding hydrogens is 338 g/mol. The van der Waals surface area contributed by atoms with Crippen LogP contribution in [0.3, 0.4) is 0 Å². The summed E-state index contributed by atoms with van der Waals surface area (Å²) in [5.74, 6) is 0.898. The van der Waals surface area contributed by atoms with Gasteiger partial charge in [-0.25, -0.2) is 5.43 Å². The van der Waals surface area contributed by atoms with Gasteiger partial charge >= 0.3 is 0 Å². The molecule has 8 nitrogen and oxygen atoms in total.